The summed E-state index contributed by atoms with van der Waals surface area (Å²) in [5.41, 5.74) is 1.05. The highest BCUT2D eigenvalue weighted by Crippen LogP contribution is 2.45. The summed E-state index contributed by atoms with van der Waals surface area (Å²) < 4.78 is 25.3. The molecule has 0 unspecified atom stereocenters. The molecular weight excluding hydrogens is 303 g/mol. The first-order valence-corrected chi connectivity index (χ1v) is 8.91. The van der Waals surface area contributed by atoms with Crippen molar-refractivity contribution in [2.24, 2.45) is 0 Å². The number of fused-ring (bicyclic) bond motifs is 1. The number of hydrogen-bond donors (Lipinski definition) is 0. The van der Waals surface area contributed by atoms with E-state index >= 15 is 0 Å². The molecular formula is C15H21N2O4P. The molecule has 0 saturated carbocycles. The van der Waals surface area contributed by atoms with Crippen molar-refractivity contribution in [1.29, 1.82) is 0 Å². The molecule has 120 valence electrons. The molecule has 0 aliphatic carbocycles. The van der Waals surface area contributed by atoms with E-state index in [1.54, 1.807) is 36.7 Å². The molecule has 0 aliphatic rings. The molecule has 6 nitrogen and oxygen atoms in total. The van der Waals surface area contributed by atoms with Gasteiger partial charge >= 0.3 is 7.60 Å². The normalized spacial score (nSPS) is 12.0. The zero-order chi connectivity index (χ0) is 16.3. The summed E-state index contributed by atoms with van der Waals surface area (Å²) in [6.45, 7) is 8.23. The molecule has 0 aliphatic heterocycles. The summed E-state index contributed by atoms with van der Waals surface area (Å²) in [5.74, 6) is 0. The van der Waals surface area contributed by atoms with Crippen molar-refractivity contribution in [3.8, 4) is 0 Å². The van der Waals surface area contributed by atoms with E-state index in [0.29, 0.717) is 17.6 Å². The van der Waals surface area contributed by atoms with Crippen LogP contribution in [0.5, 0.6) is 0 Å². The van der Waals surface area contributed by atoms with Crippen molar-refractivity contribution < 1.29 is 13.6 Å². The summed E-state index contributed by atoms with van der Waals surface area (Å²) >= 11 is 0. The first kappa shape index (κ1) is 16.9. The van der Waals surface area contributed by atoms with E-state index in [1.807, 2.05) is 13.8 Å². The topological polar surface area (TPSA) is 70.4 Å². The highest BCUT2D eigenvalue weighted by atomic mass is 31.2. The van der Waals surface area contributed by atoms with Crippen LogP contribution in [0.4, 0.5) is 0 Å². The number of nitrogens with zero attached hydrogens (tertiary/aromatic N) is 2. The summed E-state index contributed by atoms with van der Waals surface area (Å²) in [6, 6.07) is 3.47. The van der Waals surface area contributed by atoms with Crippen LogP contribution in [0.3, 0.4) is 0 Å². The van der Waals surface area contributed by atoms with Gasteiger partial charge in [-0.1, -0.05) is 0 Å². The van der Waals surface area contributed by atoms with E-state index in [2.05, 4.69) is 4.98 Å². The molecule has 0 aromatic carbocycles. The Morgan fingerprint density at radius 2 is 1.82 bits per heavy atom. The molecule has 0 radical (unpaired) electrons. The van der Waals surface area contributed by atoms with Gasteiger partial charge < -0.3 is 13.6 Å². The first-order chi connectivity index (χ1) is 10.5. The second kappa shape index (κ2) is 6.73. The van der Waals surface area contributed by atoms with Crippen molar-refractivity contribution in [2.45, 2.75) is 34.2 Å². The third-order valence-corrected chi connectivity index (χ3v) is 5.38. The summed E-state index contributed by atoms with van der Waals surface area (Å²) in [5, 5.41) is 0.487. The summed E-state index contributed by atoms with van der Waals surface area (Å²) in [7, 11) is -3.63. The minimum atomic E-state index is -3.63. The van der Waals surface area contributed by atoms with Crippen molar-refractivity contribution in [3.05, 3.63) is 34.2 Å². The Hall–Kier alpha value is -1.49. The molecule has 0 fully saturated rings. The maximum absolute atomic E-state index is 12.9. The van der Waals surface area contributed by atoms with Crippen LogP contribution < -0.4 is 10.7 Å². The van der Waals surface area contributed by atoms with Gasteiger partial charge in [-0.15, -0.1) is 0 Å². The predicted octanol–water partition coefficient (Wildman–Crippen LogP) is 2.62. The van der Waals surface area contributed by atoms with E-state index in [-0.39, 0.29) is 23.9 Å². The summed E-state index contributed by atoms with van der Waals surface area (Å²) in [6.07, 6.45) is 1.54. The standard InChI is InChI=1S/C15H21N2O4P/c1-5-17-10-13(22(19,20-6-2)21-7-3)14(18)12-9-8-11(4)16-15(12)17/h8-10H,5-7H2,1-4H3. The Bertz CT molecular complexity index is 775. The number of rotatable bonds is 6. The number of aryl methyl sites for hydroxylation is 2. The van der Waals surface area contributed by atoms with Gasteiger partial charge in [0.15, 0.2) is 0 Å². The molecule has 0 spiro atoms. The van der Waals surface area contributed by atoms with Gasteiger partial charge in [0, 0.05) is 18.4 Å². The van der Waals surface area contributed by atoms with Gasteiger partial charge in [0.2, 0.25) is 5.43 Å². The number of pyridine rings is 2. The third kappa shape index (κ3) is 3.00. The van der Waals surface area contributed by atoms with Gasteiger partial charge in [-0.05, 0) is 39.8 Å². The zero-order valence-electron chi connectivity index (χ0n) is 13.3. The SMILES string of the molecule is CCOP(=O)(OCC)c1cn(CC)c2nc(C)ccc2c1=O. The second-order valence-electron chi connectivity index (χ2n) is 4.79. The fourth-order valence-corrected chi connectivity index (χ4v) is 3.98. The maximum Gasteiger partial charge on any atom is 0.366 e. The Labute approximate surface area is 129 Å². The minimum Gasteiger partial charge on any atom is -0.332 e. The molecule has 2 heterocycles. The van der Waals surface area contributed by atoms with E-state index < -0.39 is 7.60 Å². The van der Waals surface area contributed by atoms with E-state index in [0.717, 1.165) is 5.69 Å². The minimum absolute atomic E-state index is 0.0659. The van der Waals surface area contributed by atoms with Crippen LogP contribution in [0.2, 0.25) is 0 Å². The molecule has 0 N–H and O–H groups in total. The Balaban J connectivity index is 2.80. The smallest absolute Gasteiger partial charge is 0.332 e. The quantitative estimate of drug-likeness (QED) is 0.764. The zero-order valence-corrected chi connectivity index (χ0v) is 14.2. The molecule has 0 saturated heterocycles. The van der Waals surface area contributed by atoms with Crippen LogP contribution in [-0.4, -0.2) is 22.8 Å². The van der Waals surface area contributed by atoms with Crippen LogP contribution in [0.25, 0.3) is 11.0 Å². The highest BCUT2D eigenvalue weighted by Gasteiger charge is 2.31. The van der Waals surface area contributed by atoms with Gasteiger partial charge in [-0.2, -0.15) is 0 Å². The van der Waals surface area contributed by atoms with Crippen molar-refractivity contribution in [3.63, 3.8) is 0 Å². The van der Waals surface area contributed by atoms with Crippen LogP contribution >= 0.6 is 7.60 Å². The fraction of sp³-hybridized carbons (Fsp3) is 0.467. The van der Waals surface area contributed by atoms with Crippen LogP contribution in [-0.2, 0) is 20.2 Å². The van der Waals surface area contributed by atoms with E-state index in [1.165, 1.54) is 0 Å². The lowest BCUT2D eigenvalue weighted by molar-refractivity contribution is 0.229. The number of hydrogen-bond acceptors (Lipinski definition) is 5. The molecule has 0 bridgehead atoms. The molecule has 7 heteroatoms. The first-order valence-electron chi connectivity index (χ1n) is 7.37. The average Bonchev–Trinajstić information content (AvgIpc) is 2.48. The van der Waals surface area contributed by atoms with Gasteiger partial charge in [-0.25, -0.2) is 4.98 Å². The Morgan fingerprint density at radius 1 is 1.18 bits per heavy atom. The fourth-order valence-electron chi connectivity index (χ4n) is 2.30. The number of aromatic nitrogens is 2. The average molecular weight is 324 g/mol. The van der Waals surface area contributed by atoms with Gasteiger partial charge in [-0.3, -0.25) is 9.36 Å². The monoisotopic (exact) mass is 324 g/mol. The maximum atomic E-state index is 12.9. The molecule has 0 atom stereocenters. The van der Waals surface area contributed by atoms with Crippen molar-refractivity contribution in [2.75, 3.05) is 13.2 Å². The molecule has 2 aromatic heterocycles. The van der Waals surface area contributed by atoms with Crippen molar-refractivity contribution >= 4 is 23.9 Å². The lowest BCUT2D eigenvalue weighted by Gasteiger charge is -2.18. The Morgan fingerprint density at radius 3 is 2.36 bits per heavy atom. The van der Waals surface area contributed by atoms with Crippen LogP contribution in [0.15, 0.2) is 23.1 Å². The largest absolute Gasteiger partial charge is 0.366 e. The van der Waals surface area contributed by atoms with Crippen LogP contribution in [0, 0.1) is 6.92 Å². The lowest BCUT2D eigenvalue weighted by Crippen LogP contribution is -2.30. The molecule has 22 heavy (non-hydrogen) atoms. The van der Waals surface area contributed by atoms with Gasteiger partial charge in [0.25, 0.3) is 0 Å². The molecule has 0 amide bonds. The van der Waals surface area contributed by atoms with Gasteiger partial charge in [0.1, 0.15) is 11.0 Å². The van der Waals surface area contributed by atoms with Crippen LogP contribution in [0.1, 0.15) is 26.5 Å². The van der Waals surface area contributed by atoms with Crippen molar-refractivity contribution in [1.82, 2.24) is 9.55 Å². The van der Waals surface area contributed by atoms with E-state index in [4.69, 9.17) is 9.05 Å². The molecule has 2 aromatic rings. The van der Waals surface area contributed by atoms with E-state index in [9.17, 15) is 9.36 Å². The second-order valence-corrected chi connectivity index (χ2v) is 6.78. The molecule has 2 rings (SSSR count). The third-order valence-electron chi connectivity index (χ3n) is 3.28. The highest BCUT2D eigenvalue weighted by molar-refractivity contribution is 7.62. The summed E-state index contributed by atoms with van der Waals surface area (Å²) in [4.78, 5) is 17.1. The van der Waals surface area contributed by atoms with Gasteiger partial charge in [0.05, 0.1) is 18.6 Å². The lowest BCUT2D eigenvalue weighted by atomic mass is 10.2. The Kier molecular flexibility index (Phi) is 5.16. The predicted molar refractivity (Wildman–Crippen MR) is 86.9 cm³/mol.